The molecule has 0 amide bonds. The van der Waals surface area contributed by atoms with Gasteiger partial charge in [0.05, 0.1) is 6.04 Å². The van der Waals surface area contributed by atoms with E-state index in [0.717, 1.165) is 24.1 Å². The van der Waals surface area contributed by atoms with Crippen molar-refractivity contribution in [3.8, 4) is 0 Å². The minimum atomic E-state index is -0.484. The second kappa shape index (κ2) is 9.13. The maximum absolute atomic E-state index is 14.5. The zero-order chi connectivity index (χ0) is 15.8. The summed E-state index contributed by atoms with van der Waals surface area (Å²) in [4.78, 5) is 0. The molecule has 0 fully saturated rings. The van der Waals surface area contributed by atoms with Crippen molar-refractivity contribution in [1.29, 1.82) is 0 Å². The van der Waals surface area contributed by atoms with Gasteiger partial charge >= 0.3 is 0 Å². The maximum Gasteiger partial charge on any atom is 0.176 e. The van der Waals surface area contributed by atoms with E-state index in [4.69, 9.17) is 9.47 Å². The smallest absolute Gasteiger partial charge is 0.176 e. The zero-order valence-corrected chi connectivity index (χ0v) is 13.8. The molecule has 0 saturated heterocycles. The Kier molecular flexibility index (Phi) is 7.86. The topological polar surface area (TPSA) is 30.5 Å². The average molecular weight is 297 g/mol. The molecule has 1 N–H and O–H groups in total. The van der Waals surface area contributed by atoms with Crippen molar-refractivity contribution in [2.24, 2.45) is 0 Å². The molecular weight excluding hydrogens is 269 g/mol. The molecule has 120 valence electrons. The number of nitrogens with one attached hydrogen (secondary N) is 1. The largest absolute Gasteiger partial charge is 0.351 e. The second-order valence-electron chi connectivity index (χ2n) is 5.19. The van der Waals surface area contributed by atoms with Gasteiger partial charge in [-0.1, -0.05) is 13.0 Å². The van der Waals surface area contributed by atoms with Crippen molar-refractivity contribution >= 4 is 0 Å². The minimum Gasteiger partial charge on any atom is -0.351 e. The van der Waals surface area contributed by atoms with Crippen LogP contribution in [0.4, 0.5) is 4.39 Å². The third kappa shape index (κ3) is 5.06. The van der Waals surface area contributed by atoms with E-state index in [1.807, 2.05) is 33.8 Å². The lowest BCUT2D eigenvalue weighted by atomic mass is 9.97. The van der Waals surface area contributed by atoms with Crippen LogP contribution < -0.4 is 5.32 Å². The third-order valence-electron chi connectivity index (χ3n) is 3.34. The summed E-state index contributed by atoms with van der Waals surface area (Å²) in [6.07, 6.45) is 0.482. The molecule has 0 aromatic heterocycles. The normalized spacial score (nSPS) is 12.9. The van der Waals surface area contributed by atoms with Gasteiger partial charge in [-0.3, -0.25) is 0 Å². The van der Waals surface area contributed by atoms with Gasteiger partial charge < -0.3 is 14.8 Å². The summed E-state index contributed by atoms with van der Waals surface area (Å²) < 4.78 is 25.8. The summed E-state index contributed by atoms with van der Waals surface area (Å²) >= 11 is 0. The maximum atomic E-state index is 14.5. The van der Waals surface area contributed by atoms with Crippen LogP contribution >= 0.6 is 0 Å². The Morgan fingerprint density at radius 1 is 1.10 bits per heavy atom. The van der Waals surface area contributed by atoms with Crippen molar-refractivity contribution in [3.05, 3.63) is 34.6 Å². The highest BCUT2D eigenvalue weighted by Crippen LogP contribution is 2.27. The van der Waals surface area contributed by atoms with Gasteiger partial charge in [0.1, 0.15) is 5.82 Å². The third-order valence-corrected chi connectivity index (χ3v) is 3.34. The van der Waals surface area contributed by atoms with Gasteiger partial charge in [-0.05, 0) is 57.9 Å². The van der Waals surface area contributed by atoms with Crippen LogP contribution in [0.3, 0.4) is 0 Å². The molecular formula is C17H28FNO2. The van der Waals surface area contributed by atoms with Gasteiger partial charge in [0.25, 0.3) is 0 Å². The van der Waals surface area contributed by atoms with Crippen molar-refractivity contribution < 1.29 is 13.9 Å². The quantitative estimate of drug-likeness (QED) is 0.702. The van der Waals surface area contributed by atoms with Crippen molar-refractivity contribution in [3.63, 3.8) is 0 Å². The number of ether oxygens (including phenoxy) is 2. The van der Waals surface area contributed by atoms with Crippen LogP contribution in [0.25, 0.3) is 0 Å². The van der Waals surface area contributed by atoms with Gasteiger partial charge in [-0.2, -0.15) is 0 Å². The molecule has 1 aromatic rings. The summed E-state index contributed by atoms with van der Waals surface area (Å²) in [7, 11) is 0. The first kappa shape index (κ1) is 18.1. The number of hydrogen-bond donors (Lipinski definition) is 1. The molecule has 0 radical (unpaired) electrons. The minimum absolute atomic E-state index is 0.203. The first-order valence-corrected chi connectivity index (χ1v) is 7.78. The number of benzene rings is 1. The average Bonchev–Trinajstić information content (AvgIpc) is 2.41. The van der Waals surface area contributed by atoms with E-state index in [0.29, 0.717) is 18.8 Å². The number of rotatable bonds is 9. The summed E-state index contributed by atoms with van der Waals surface area (Å²) in [6, 6.07) is 3.26. The van der Waals surface area contributed by atoms with E-state index in [1.165, 1.54) is 0 Å². The molecule has 1 atom stereocenters. The molecule has 0 spiro atoms. The molecule has 0 aliphatic heterocycles. The Labute approximate surface area is 127 Å². The molecule has 1 rings (SSSR count). The molecule has 21 heavy (non-hydrogen) atoms. The van der Waals surface area contributed by atoms with Gasteiger partial charge in [0, 0.05) is 18.8 Å². The first-order valence-electron chi connectivity index (χ1n) is 7.78. The lowest BCUT2D eigenvalue weighted by Gasteiger charge is -2.29. The summed E-state index contributed by atoms with van der Waals surface area (Å²) in [5, 5.41) is 3.37. The molecule has 0 aliphatic carbocycles. The predicted octanol–water partition coefficient (Wildman–Crippen LogP) is 3.88. The summed E-state index contributed by atoms with van der Waals surface area (Å²) in [5.41, 5.74) is 2.49. The van der Waals surface area contributed by atoms with Gasteiger partial charge in [-0.15, -0.1) is 0 Å². The second-order valence-corrected chi connectivity index (χ2v) is 5.19. The van der Waals surface area contributed by atoms with E-state index in [2.05, 4.69) is 12.2 Å². The fraction of sp³-hybridized carbons (Fsp3) is 0.647. The monoisotopic (exact) mass is 297 g/mol. The van der Waals surface area contributed by atoms with Crippen LogP contribution in [0.15, 0.2) is 12.1 Å². The van der Waals surface area contributed by atoms with E-state index < -0.39 is 6.29 Å². The van der Waals surface area contributed by atoms with Gasteiger partial charge in [0.2, 0.25) is 0 Å². The van der Waals surface area contributed by atoms with Crippen LogP contribution in [0, 0.1) is 19.7 Å². The molecule has 4 heteroatoms. The lowest BCUT2D eigenvalue weighted by molar-refractivity contribution is -0.155. The van der Waals surface area contributed by atoms with E-state index in [1.54, 1.807) is 6.07 Å². The molecule has 0 aliphatic rings. The Morgan fingerprint density at radius 2 is 1.71 bits per heavy atom. The Balaban J connectivity index is 3.16. The Morgan fingerprint density at radius 3 is 2.19 bits per heavy atom. The van der Waals surface area contributed by atoms with E-state index >= 15 is 0 Å². The lowest BCUT2D eigenvalue weighted by Crippen LogP contribution is -2.37. The highest BCUT2D eigenvalue weighted by atomic mass is 19.1. The van der Waals surface area contributed by atoms with Crippen LogP contribution in [0.2, 0.25) is 0 Å². The summed E-state index contributed by atoms with van der Waals surface area (Å²) in [5.74, 6) is -0.203. The summed E-state index contributed by atoms with van der Waals surface area (Å²) in [6.45, 7) is 11.6. The first-order chi connectivity index (χ1) is 10.0. The van der Waals surface area contributed by atoms with Gasteiger partial charge in [-0.25, -0.2) is 4.39 Å². The Hall–Kier alpha value is -0.970. The SMILES string of the molecule is CCCNC(c1c(C)cc(C)cc1F)C(OCC)OCC. The molecule has 0 heterocycles. The molecule has 1 unspecified atom stereocenters. The van der Waals surface area contributed by atoms with Crippen molar-refractivity contribution in [2.45, 2.75) is 53.4 Å². The van der Waals surface area contributed by atoms with Crippen LogP contribution in [0.5, 0.6) is 0 Å². The molecule has 0 bridgehead atoms. The van der Waals surface area contributed by atoms with Crippen LogP contribution in [0.1, 0.15) is 49.9 Å². The fourth-order valence-corrected chi connectivity index (χ4v) is 2.52. The molecule has 0 saturated carbocycles. The molecule has 3 nitrogen and oxygen atoms in total. The van der Waals surface area contributed by atoms with Crippen LogP contribution in [-0.4, -0.2) is 26.0 Å². The van der Waals surface area contributed by atoms with Gasteiger partial charge in [0.15, 0.2) is 6.29 Å². The standard InChI is InChI=1S/C17H28FNO2/c1-6-9-19-16(17(20-7-2)21-8-3)15-13(5)10-12(4)11-14(15)18/h10-11,16-17,19H,6-9H2,1-5H3. The predicted molar refractivity (Wildman–Crippen MR) is 83.9 cm³/mol. The number of halogens is 1. The van der Waals surface area contributed by atoms with Crippen LogP contribution in [-0.2, 0) is 9.47 Å². The fourth-order valence-electron chi connectivity index (χ4n) is 2.52. The zero-order valence-electron chi connectivity index (χ0n) is 13.8. The number of hydrogen-bond acceptors (Lipinski definition) is 3. The van der Waals surface area contributed by atoms with Crippen molar-refractivity contribution in [2.75, 3.05) is 19.8 Å². The van der Waals surface area contributed by atoms with E-state index in [-0.39, 0.29) is 11.9 Å². The highest BCUT2D eigenvalue weighted by molar-refractivity contribution is 5.34. The highest BCUT2D eigenvalue weighted by Gasteiger charge is 2.27. The van der Waals surface area contributed by atoms with Crippen molar-refractivity contribution in [1.82, 2.24) is 5.32 Å². The Bertz CT molecular complexity index is 408. The number of aryl methyl sites for hydroxylation is 2. The van der Waals surface area contributed by atoms with E-state index in [9.17, 15) is 4.39 Å². The molecule has 1 aromatic carbocycles.